The van der Waals surface area contributed by atoms with Gasteiger partial charge in [-0.3, -0.25) is 19.3 Å². The Morgan fingerprint density at radius 2 is 1.74 bits per heavy atom. The van der Waals surface area contributed by atoms with Crippen LogP contribution >= 0.6 is 11.8 Å². The van der Waals surface area contributed by atoms with E-state index in [9.17, 15) is 14.4 Å². The van der Waals surface area contributed by atoms with Crippen molar-refractivity contribution >= 4 is 40.6 Å². The summed E-state index contributed by atoms with van der Waals surface area (Å²) in [5, 5.41) is 2.24. The van der Waals surface area contributed by atoms with Gasteiger partial charge in [0.2, 0.25) is 5.91 Å². The monoisotopic (exact) mass is 380 g/mol. The van der Waals surface area contributed by atoms with Gasteiger partial charge in [0, 0.05) is 5.69 Å². The fourth-order valence-corrected chi connectivity index (χ4v) is 3.47. The van der Waals surface area contributed by atoms with E-state index in [1.165, 1.54) is 5.56 Å². The molecular weight excluding hydrogens is 360 g/mol. The molecule has 1 aliphatic rings. The quantitative estimate of drug-likeness (QED) is 0.777. The van der Waals surface area contributed by atoms with Crippen molar-refractivity contribution in [3.8, 4) is 0 Å². The molecule has 2 aromatic rings. The number of imide groups is 1. The van der Waals surface area contributed by atoms with Gasteiger partial charge in [0.1, 0.15) is 6.54 Å². The third kappa shape index (κ3) is 4.65. The normalized spacial score (nSPS) is 15.7. The van der Waals surface area contributed by atoms with Crippen LogP contribution in [0.3, 0.4) is 0 Å². The number of amides is 3. The summed E-state index contributed by atoms with van der Waals surface area (Å²) in [6.45, 7) is 3.92. The minimum atomic E-state index is -0.443. The van der Waals surface area contributed by atoms with E-state index in [0.29, 0.717) is 16.5 Å². The number of anilines is 1. The summed E-state index contributed by atoms with van der Waals surface area (Å²) in [5.74, 6) is -0.429. The Bertz CT molecular complexity index is 889. The molecule has 138 valence electrons. The lowest BCUT2D eigenvalue weighted by atomic mass is 10.0. The highest BCUT2D eigenvalue weighted by atomic mass is 32.2. The van der Waals surface area contributed by atoms with Gasteiger partial charge in [0.05, 0.1) is 4.91 Å². The molecule has 0 unspecified atom stereocenters. The maximum Gasteiger partial charge on any atom is 0.294 e. The SMILES string of the molecule is CC(C)c1ccc(/C=C2/SC(=O)N(CC(=O)Nc3ccccc3)C2=O)cc1. The van der Waals surface area contributed by atoms with Crippen molar-refractivity contribution in [1.82, 2.24) is 4.90 Å². The average molecular weight is 380 g/mol. The van der Waals surface area contributed by atoms with Crippen molar-refractivity contribution in [2.24, 2.45) is 0 Å². The number of hydrogen-bond acceptors (Lipinski definition) is 4. The van der Waals surface area contributed by atoms with Crippen molar-refractivity contribution in [2.45, 2.75) is 19.8 Å². The molecule has 1 saturated heterocycles. The lowest BCUT2D eigenvalue weighted by molar-refractivity contribution is -0.127. The van der Waals surface area contributed by atoms with Crippen LogP contribution in [-0.2, 0) is 9.59 Å². The second kappa shape index (κ2) is 8.22. The Hall–Kier alpha value is -2.86. The lowest BCUT2D eigenvalue weighted by Gasteiger charge is -2.12. The van der Waals surface area contributed by atoms with Crippen LogP contribution in [0.25, 0.3) is 6.08 Å². The Morgan fingerprint density at radius 1 is 1.07 bits per heavy atom. The first kappa shape index (κ1) is 18.9. The lowest BCUT2D eigenvalue weighted by Crippen LogP contribution is -2.36. The zero-order valence-electron chi connectivity index (χ0n) is 15.1. The van der Waals surface area contributed by atoms with Crippen LogP contribution in [0, 0.1) is 0 Å². The van der Waals surface area contributed by atoms with Crippen LogP contribution in [0.2, 0.25) is 0 Å². The molecule has 1 N–H and O–H groups in total. The van der Waals surface area contributed by atoms with Crippen molar-refractivity contribution in [1.29, 1.82) is 0 Å². The molecule has 6 heteroatoms. The van der Waals surface area contributed by atoms with Gasteiger partial charge >= 0.3 is 0 Å². The maximum atomic E-state index is 12.5. The highest BCUT2D eigenvalue weighted by molar-refractivity contribution is 8.18. The van der Waals surface area contributed by atoms with Gasteiger partial charge in [0.25, 0.3) is 11.1 Å². The molecule has 5 nitrogen and oxygen atoms in total. The molecule has 3 amide bonds. The van der Waals surface area contributed by atoms with Crippen molar-refractivity contribution in [3.05, 3.63) is 70.6 Å². The van der Waals surface area contributed by atoms with Crippen LogP contribution in [0.4, 0.5) is 10.5 Å². The van der Waals surface area contributed by atoms with Crippen LogP contribution < -0.4 is 5.32 Å². The maximum absolute atomic E-state index is 12.5. The third-order valence-corrected chi connectivity index (χ3v) is 5.04. The molecule has 1 heterocycles. The summed E-state index contributed by atoms with van der Waals surface area (Å²) >= 11 is 0.854. The summed E-state index contributed by atoms with van der Waals surface area (Å²) in [5.41, 5.74) is 2.67. The van der Waals surface area contributed by atoms with Gasteiger partial charge in [0.15, 0.2) is 0 Å². The topological polar surface area (TPSA) is 66.5 Å². The number of carbonyl (C=O) groups is 3. The zero-order valence-corrected chi connectivity index (χ0v) is 16.0. The summed E-state index contributed by atoms with van der Waals surface area (Å²) in [6, 6.07) is 16.8. The smallest absolute Gasteiger partial charge is 0.294 e. The first-order chi connectivity index (χ1) is 12.9. The van der Waals surface area contributed by atoms with E-state index >= 15 is 0 Å². The molecule has 2 aromatic carbocycles. The Labute approximate surface area is 162 Å². The average Bonchev–Trinajstić information content (AvgIpc) is 2.90. The number of carbonyl (C=O) groups excluding carboxylic acids is 3. The van der Waals surface area contributed by atoms with E-state index in [2.05, 4.69) is 19.2 Å². The van der Waals surface area contributed by atoms with E-state index in [0.717, 1.165) is 22.2 Å². The first-order valence-corrected chi connectivity index (χ1v) is 9.46. The molecule has 3 rings (SSSR count). The molecule has 0 aromatic heterocycles. The number of para-hydroxylation sites is 1. The van der Waals surface area contributed by atoms with Crippen LogP contribution in [0.15, 0.2) is 59.5 Å². The summed E-state index contributed by atoms with van der Waals surface area (Å²) in [4.78, 5) is 38.1. The molecule has 0 radical (unpaired) electrons. The standard InChI is InChI=1S/C21H20N2O3S/c1-14(2)16-10-8-15(9-11-16)12-18-20(25)23(21(26)27-18)13-19(24)22-17-6-4-3-5-7-17/h3-12,14H,13H2,1-2H3,(H,22,24)/b18-12+. The molecule has 0 aliphatic carbocycles. The van der Waals surface area contributed by atoms with Gasteiger partial charge in [-0.2, -0.15) is 0 Å². The van der Waals surface area contributed by atoms with E-state index in [1.807, 2.05) is 30.3 Å². The minimum Gasteiger partial charge on any atom is -0.325 e. The Morgan fingerprint density at radius 3 is 2.37 bits per heavy atom. The predicted octanol–water partition coefficient (Wildman–Crippen LogP) is 4.49. The molecule has 1 fully saturated rings. The predicted molar refractivity (Wildman–Crippen MR) is 108 cm³/mol. The van der Waals surface area contributed by atoms with E-state index in [1.54, 1.807) is 30.3 Å². The summed E-state index contributed by atoms with van der Waals surface area (Å²) in [6.07, 6.45) is 1.68. The molecule has 0 bridgehead atoms. The fourth-order valence-electron chi connectivity index (χ4n) is 2.63. The number of nitrogens with one attached hydrogen (secondary N) is 1. The van der Waals surface area contributed by atoms with E-state index < -0.39 is 17.1 Å². The third-order valence-electron chi connectivity index (χ3n) is 4.13. The van der Waals surface area contributed by atoms with E-state index in [4.69, 9.17) is 0 Å². The zero-order chi connectivity index (χ0) is 19.4. The van der Waals surface area contributed by atoms with Crippen molar-refractivity contribution < 1.29 is 14.4 Å². The fraction of sp³-hybridized carbons (Fsp3) is 0.190. The number of benzene rings is 2. The Kier molecular flexibility index (Phi) is 5.76. The highest BCUT2D eigenvalue weighted by Crippen LogP contribution is 2.32. The van der Waals surface area contributed by atoms with Gasteiger partial charge in [-0.25, -0.2) is 0 Å². The van der Waals surface area contributed by atoms with Gasteiger partial charge in [-0.05, 0) is 47.0 Å². The number of rotatable bonds is 5. The number of thioether (sulfide) groups is 1. The first-order valence-electron chi connectivity index (χ1n) is 8.64. The van der Waals surface area contributed by atoms with Crippen LogP contribution in [-0.4, -0.2) is 28.5 Å². The van der Waals surface area contributed by atoms with Crippen molar-refractivity contribution in [3.63, 3.8) is 0 Å². The molecule has 27 heavy (non-hydrogen) atoms. The number of hydrogen-bond donors (Lipinski definition) is 1. The molecule has 1 aliphatic heterocycles. The van der Waals surface area contributed by atoms with Gasteiger partial charge < -0.3 is 5.32 Å². The molecule has 0 saturated carbocycles. The highest BCUT2D eigenvalue weighted by Gasteiger charge is 2.36. The molecular formula is C21H20N2O3S. The second-order valence-electron chi connectivity index (χ2n) is 6.50. The van der Waals surface area contributed by atoms with Gasteiger partial charge in [-0.15, -0.1) is 0 Å². The van der Waals surface area contributed by atoms with E-state index in [-0.39, 0.29) is 6.54 Å². The van der Waals surface area contributed by atoms with Gasteiger partial charge in [-0.1, -0.05) is 56.3 Å². The number of nitrogens with zero attached hydrogens (tertiary/aromatic N) is 1. The van der Waals surface area contributed by atoms with Crippen LogP contribution in [0.5, 0.6) is 0 Å². The van der Waals surface area contributed by atoms with Crippen LogP contribution in [0.1, 0.15) is 30.9 Å². The van der Waals surface area contributed by atoms with Crippen molar-refractivity contribution in [2.75, 3.05) is 11.9 Å². The summed E-state index contributed by atoms with van der Waals surface area (Å²) < 4.78 is 0. The largest absolute Gasteiger partial charge is 0.325 e. The molecule has 0 atom stereocenters. The summed E-state index contributed by atoms with van der Waals surface area (Å²) in [7, 11) is 0. The Balaban J connectivity index is 1.68. The molecule has 0 spiro atoms. The minimum absolute atomic E-state index is 0.302. The second-order valence-corrected chi connectivity index (χ2v) is 7.50.